The number of hydrogen-bond donors (Lipinski definition) is 1. The molecule has 4 atom stereocenters. The molecule has 4 rings (SSSR count). The molecule has 114 valence electrons. The number of hydrogen-bond acceptors (Lipinski definition) is 3. The van der Waals surface area contributed by atoms with Crippen LogP contribution >= 0.6 is 0 Å². The normalized spacial score (nSPS) is 35.2. The molecule has 0 radical (unpaired) electrons. The van der Waals surface area contributed by atoms with Gasteiger partial charge in [0.25, 0.3) is 0 Å². The number of carbonyl (C=O) groups excluding carboxylic acids is 1. The van der Waals surface area contributed by atoms with Crippen molar-refractivity contribution in [3.05, 3.63) is 47.5 Å². The van der Waals surface area contributed by atoms with Crippen LogP contribution in [-0.4, -0.2) is 40.1 Å². The van der Waals surface area contributed by atoms with Gasteiger partial charge >= 0.3 is 5.97 Å². The van der Waals surface area contributed by atoms with Crippen molar-refractivity contribution >= 4 is 11.9 Å². The molecule has 1 N–H and O–H groups in total. The average Bonchev–Trinajstić information content (AvgIpc) is 3.10. The first-order valence-corrected chi connectivity index (χ1v) is 7.44. The molecule has 1 amide bonds. The summed E-state index contributed by atoms with van der Waals surface area (Å²) in [7, 11) is 0. The van der Waals surface area contributed by atoms with E-state index in [4.69, 9.17) is 4.74 Å². The second-order valence-electron chi connectivity index (χ2n) is 6.42. The van der Waals surface area contributed by atoms with Crippen molar-refractivity contribution in [3.8, 4) is 0 Å². The zero-order valence-electron chi connectivity index (χ0n) is 12.2. The Labute approximate surface area is 128 Å². The summed E-state index contributed by atoms with van der Waals surface area (Å²) in [6.45, 7) is 2.94. The summed E-state index contributed by atoms with van der Waals surface area (Å²) in [5, 5.41) is 9.42. The van der Waals surface area contributed by atoms with Crippen molar-refractivity contribution in [1.82, 2.24) is 4.90 Å². The zero-order chi connectivity index (χ0) is 15.5. The SMILES string of the molecule is Cc1ccc(CN2CC34C=C[C@@H](O3)C(C(=O)O)[C@@H]4C2=O)cc1. The van der Waals surface area contributed by atoms with Gasteiger partial charge in [0, 0.05) is 6.54 Å². The number of fused-ring (bicyclic) bond motifs is 1. The quantitative estimate of drug-likeness (QED) is 0.856. The van der Waals surface area contributed by atoms with E-state index in [0.717, 1.165) is 5.56 Å². The summed E-state index contributed by atoms with van der Waals surface area (Å²) in [5.74, 6) is -2.42. The molecule has 1 aromatic carbocycles. The Morgan fingerprint density at radius 3 is 2.82 bits per heavy atom. The summed E-state index contributed by atoms with van der Waals surface area (Å²) < 4.78 is 5.86. The smallest absolute Gasteiger partial charge is 0.310 e. The van der Waals surface area contributed by atoms with Crippen LogP contribution in [0.15, 0.2) is 36.4 Å². The van der Waals surface area contributed by atoms with Gasteiger partial charge in [0.15, 0.2) is 0 Å². The molecule has 2 saturated heterocycles. The monoisotopic (exact) mass is 299 g/mol. The molecule has 3 heterocycles. The lowest BCUT2D eigenvalue weighted by molar-refractivity contribution is -0.148. The van der Waals surface area contributed by atoms with Crippen molar-refractivity contribution in [2.75, 3.05) is 6.54 Å². The highest BCUT2D eigenvalue weighted by Gasteiger charge is 2.66. The van der Waals surface area contributed by atoms with Crippen molar-refractivity contribution in [2.45, 2.75) is 25.2 Å². The molecule has 5 heteroatoms. The molecule has 1 spiro atoms. The van der Waals surface area contributed by atoms with Crippen molar-refractivity contribution in [3.63, 3.8) is 0 Å². The molecule has 5 nitrogen and oxygen atoms in total. The maximum absolute atomic E-state index is 12.7. The van der Waals surface area contributed by atoms with E-state index in [0.29, 0.717) is 13.1 Å². The predicted molar refractivity (Wildman–Crippen MR) is 78.0 cm³/mol. The van der Waals surface area contributed by atoms with E-state index in [1.54, 1.807) is 11.0 Å². The number of carbonyl (C=O) groups is 2. The first-order chi connectivity index (χ1) is 10.5. The van der Waals surface area contributed by atoms with Crippen LogP contribution < -0.4 is 0 Å². The number of ether oxygens (including phenoxy) is 1. The number of aliphatic carboxylic acids is 1. The fraction of sp³-hybridized carbons (Fsp3) is 0.412. The molecule has 0 saturated carbocycles. The maximum atomic E-state index is 12.7. The number of likely N-dealkylation sites (tertiary alicyclic amines) is 1. The van der Waals surface area contributed by atoms with Gasteiger partial charge in [0.1, 0.15) is 11.5 Å². The minimum absolute atomic E-state index is 0.111. The van der Waals surface area contributed by atoms with Crippen LogP contribution in [0, 0.1) is 18.8 Å². The molecular weight excluding hydrogens is 282 g/mol. The molecule has 0 aliphatic carbocycles. The van der Waals surface area contributed by atoms with Gasteiger partial charge < -0.3 is 14.7 Å². The number of aryl methyl sites for hydroxylation is 1. The van der Waals surface area contributed by atoms with E-state index in [2.05, 4.69) is 0 Å². The summed E-state index contributed by atoms with van der Waals surface area (Å²) in [4.78, 5) is 25.9. The lowest BCUT2D eigenvalue weighted by atomic mass is 9.77. The molecule has 3 aliphatic heterocycles. The lowest BCUT2D eigenvalue weighted by Gasteiger charge is -2.21. The van der Waals surface area contributed by atoms with Gasteiger partial charge in [-0.25, -0.2) is 0 Å². The molecular formula is C17H17NO4. The van der Waals surface area contributed by atoms with Gasteiger partial charge in [-0.05, 0) is 12.5 Å². The third-order valence-electron chi connectivity index (χ3n) is 4.96. The van der Waals surface area contributed by atoms with Crippen molar-refractivity contribution in [1.29, 1.82) is 0 Å². The third kappa shape index (κ3) is 1.75. The van der Waals surface area contributed by atoms with Gasteiger partial charge in [-0.15, -0.1) is 0 Å². The Morgan fingerprint density at radius 1 is 1.41 bits per heavy atom. The van der Waals surface area contributed by atoms with Crippen molar-refractivity contribution < 1.29 is 19.4 Å². The second-order valence-corrected chi connectivity index (χ2v) is 6.42. The topological polar surface area (TPSA) is 66.8 Å². The molecule has 2 fully saturated rings. The Morgan fingerprint density at radius 2 is 2.14 bits per heavy atom. The highest BCUT2D eigenvalue weighted by Crippen LogP contribution is 2.52. The molecule has 3 aliphatic rings. The number of carboxylic acid groups (broad SMARTS) is 1. The first-order valence-electron chi connectivity index (χ1n) is 7.44. The summed E-state index contributed by atoms with van der Waals surface area (Å²) in [6, 6.07) is 8.02. The average molecular weight is 299 g/mol. The van der Waals surface area contributed by atoms with E-state index in [-0.39, 0.29) is 5.91 Å². The van der Waals surface area contributed by atoms with Gasteiger partial charge in [0.05, 0.1) is 18.6 Å². The second kappa shape index (κ2) is 4.43. The highest BCUT2D eigenvalue weighted by atomic mass is 16.5. The van der Waals surface area contributed by atoms with Gasteiger partial charge in [-0.2, -0.15) is 0 Å². The van der Waals surface area contributed by atoms with Gasteiger partial charge in [-0.1, -0.05) is 42.0 Å². The largest absolute Gasteiger partial charge is 0.481 e. The predicted octanol–water partition coefficient (Wildman–Crippen LogP) is 1.36. The standard InChI is InChI=1S/C17H17NO4/c1-10-2-4-11(5-3-10)8-18-9-17-7-6-12(22-17)13(16(20)21)14(17)15(18)19/h2-7,12-14H,8-9H2,1H3,(H,20,21)/t12-,13?,14-,17?/m1/s1. The van der Waals surface area contributed by atoms with Crippen LogP contribution in [0.1, 0.15) is 11.1 Å². The summed E-state index contributed by atoms with van der Waals surface area (Å²) >= 11 is 0. The molecule has 2 unspecified atom stereocenters. The molecule has 1 aromatic rings. The molecule has 0 aromatic heterocycles. The fourth-order valence-electron chi connectivity index (χ4n) is 3.91. The van der Waals surface area contributed by atoms with E-state index in [1.165, 1.54) is 5.56 Å². The van der Waals surface area contributed by atoms with Crippen LogP contribution in [0.3, 0.4) is 0 Å². The van der Waals surface area contributed by atoms with Crippen LogP contribution in [-0.2, 0) is 20.9 Å². The number of benzene rings is 1. The molecule has 22 heavy (non-hydrogen) atoms. The lowest BCUT2D eigenvalue weighted by Crippen LogP contribution is -2.39. The van der Waals surface area contributed by atoms with Crippen LogP contribution in [0.4, 0.5) is 0 Å². The van der Waals surface area contributed by atoms with Gasteiger partial charge in [-0.3, -0.25) is 9.59 Å². The Hall–Kier alpha value is -2.14. The van der Waals surface area contributed by atoms with Crippen LogP contribution in [0.25, 0.3) is 0 Å². The zero-order valence-corrected chi connectivity index (χ0v) is 12.2. The number of rotatable bonds is 3. The Balaban J connectivity index is 1.61. The third-order valence-corrected chi connectivity index (χ3v) is 4.96. The minimum atomic E-state index is -0.952. The Bertz CT molecular complexity index is 680. The van der Waals surface area contributed by atoms with E-state index in [1.807, 2.05) is 37.3 Å². The summed E-state index contributed by atoms with van der Waals surface area (Å²) in [5.41, 5.74) is 1.47. The van der Waals surface area contributed by atoms with E-state index in [9.17, 15) is 14.7 Å². The number of nitrogens with zero attached hydrogens (tertiary/aromatic N) is 1. The van der Waals surface area contributed by atoms with Crippen molar-refractivity contribution in [2.24, 2.45) is 11.8 Å². The number of carboxylic acids is 1. The summed E-state index contributed by atoms with van der Waals surface area (Å²) in [6.07, 6.45) is 3.21. The van der Waals surface area contributed by atoms with E-state index >= 15 is 0 Å². The van der Waals surface area contributed by atoms with E-state index < -0.39 is 29.5 Å². The van der Waals surface area contributed by atoms with Gasteiger partial charge in [0.2, 0.25) is 5.91 Å². The van der Waals surface area contributed by atoms with Crippen LogP contribution in [0.2, 0.25) is 0 Å². The Kier molecular flexibility index (Phi) is 2.72. The van der Waals surface area contributed by atoms with Crippen LogP contribution in [0.5, 0.6) is 0 Å². The maximum Gasteiger partial charge on any atom is 0.310 e. The fourth-order valence-corrected chi connectivity index (χ4v) is 3.91. The number of amides is 1. The molecule has 2 bridgehead atoms. The minimum Gasteiger partial charge on any atom is -0.481 e. The highest BCUT2D eigenvalue weighted by molar-refractivity contribution is 5.90. The first kappa shape index (κ1) is 13.5.